The second kappa shape index (κ2) is 11.3. The maximum absolute atomic E-state index is 13.6. The molecule has 190 valence electrons. The van der Waals surface area contributed by atoms with Crippen LogP contribution in [0.2, 0.25) is 5.02 Å². The Balaban J connectivity index is 1.92. The normalized spacial score (nSPS) is 11.4. The van der Waals surface area contributed by atoms with Gasteiger partial charge in [0.2, 0.25) is 0 Å². The molecule has 37 heavy (non-hydrogen) atoms. The molecule has 0 atom stereocenters. The molecule has 1 heterocycles. The van der Waals surface area contributed by atoms with Crippen molar-refractivity contribution < 1.29 is 9.47 Å². The number of halogens is 2. The monoisotopic (exact) mass is 579 g/mol. The van der Waals surface area contributed by atoms with Gasteiger partial charge >= 0.3 is 0 Å². The van der Waals surface area contributed by atoms with Crippen LogP contribution in [0.3, 0.4) is 0 Å². The van der Waals surface area contributed by atoms with Gasteiger partial charge in [0.25, 0.3) is 5.56 Å². The number of hydrogen-bond acceptors (Lipinski definition) is 5. The van der Waals surface area contributed by atoms with Crippen molar-refractivity contribution in [3.05, 3.63) is 97.7 Å². The van der Waals surface area contributed by atoms with E-state index in [9.17, 15) is 4.79 Å². The van der Waals surface area contributed by atoms with Crippen molar-refractivity contribution in [3.63, 3.8) is 0 Å². The van der Waals surface area contributed by atoms with Crippen LogP contribution >= 0.6 is 27.5 Å². The largest absolute Gasteiger partial charge is 0.496 e. The van der Waals surface area contributed by atoms with Crippen LogP contribution in [0.15, 0.2) is 75.6 Å². The standard InChI is InChI=1S/C29H27BrClN3O3/c1-6-11-37-27-23(30)13-19(14-24(27)31)16-32-34-28(33-25-10-8-7-9-20(25)29(34)35)22-15-21(17(2)3)26(36-5)12-18(22)4/h6-10,12-17H,1,11H2,2-5H3. The lowest BCUT2D eigenvalue weighted by Crippen LogP contribution is -2.20. The van der Waals surface area contributed by atoms with Crippen LogP contribution in [0, 0.1) is 6.92 Å². The highest BCUT2D eigenvalue weighted by molar-refractivity contribution is 9.10. The number of fused-ring (bicyclic) bond motifs is 1. The fourth-order valence-electron chi connectivity index (χ4n) is 4.03. The van der Waals surface area contributed by atoms with Crippen LogP contribution in [0.25, 0.3) is 22.3 Å². The minimum Gasteiger partial charge on any atom is -0.496 e. The first-order valence-electron chi connectivity index (χ1n) is 11.7. The lowest BCUT2D eigenvalue weighted by atomic mass is 9.96. The third-order valence-corrected chi connectivity index (χ3v) is 6.75. The van der Waals surface area contributed by atoms with Crippen molar-refractivity contribution in [3.8, 4) is 22.9 Å². The Morgan fingerprint density at radius 3 is 2.65 bits per heavy atom. The Bertz CT molecular complexity index is 1550. The molecule has 0 radical (unpaired) electrons. The van der Waals surface area contributed by atoms with Crippen molar-refractivity contribution in [2.75, 3.05) is 13.7 Å². The second-order valence-corrected chi connectivity index (χ2v) is 10.1. The molecule has 4 rings (SSSR count). The zero-order valence-corrected chi connectivity index (χ0v) is 23.4. The van der Waals surface area contributed by atoms with Gasteiger partial charge in [-0.2, -0.15) is 9.78 Å². The van der Waals surface area contributed by atoms with E-state index < -0.39 is 0 Å². The number of nitrogens with zero attached hydrogens (tertiary/aromatic N) is 3. The molecule has 0 N–H and O–H groups in total. The molecule has 0 aliphatic rings. The molecule has 0 amide bonds. The van der Waals surface area contributed by atoms with Crippen LogP contribution in [0.1, 0.15) is 36.5 Å². The smallest absolute Gasteiger partial charge is 0.282 e. The average molecular weight is 581 g/mol. The van der Waals surface area contributed by atoms with Gasteiger partial charge in [0.05, 0.1) is 33.7 Å². The number of para-hydroxylation sites is 1. The SMILES string of the molecule is C=CCOc1c(Cl)cc(C=Nn2c(-c3cc(C(C)C)c(OC)cc3C)nc3ccccc3c2=O)cc1Br. The number of rotatable bonds is 8. The van der Waals surface area contributed by atoms with Gasteiger partial charge in [-0.05, 0) is 81.9 Å². The number of aryl methyl sites for hydroxylation is 1. The summed E-state index contributed by atoms with van der Waals surface area (Å²) in [6.07, 6.45) is 3.22. The number of ether oxygens (including phenoxy) is 2. The van der Waals surface area contributed by atoms with E-state index in [-0.39, 0.29) is 11.5 Å². The molecule has 0 saturated carbocycles. The summed E-state index contributed by atoms with van der Waals surface area (Å²) < 4.78 is 13.2. The summed E-state index contributed by atoms with van der Waals surface area (Å²) in [5, 5.41) is 5.47. The predicted octanol–water partition coefficient (Wildman–Crippen LogP) is 7.37. The van der Waals surface area contributed by atoms with Crippen molar-refractivity contribution >= 4 is 44.6 Å². The quantitative estimate of drug-likeness (QED) is 0.161. The molecule has 0 saturated heterocycles. The van der Waals surface area contributed by atoms with Gasteiger partial charge in [-0.15, -0.1) is 0 Å². The Kier molecular flexibility index (Phi) is 8.15. The summed E-state index contributed by atoms with van der Waals surface area (Å²) in [5.41, 5.74) is 3.76. The molecule has 0 fully saturated rings. The van der Waals surface area contributed by atoms with Gasteiger partial charge in [0, 0.05) is 5.56 Å². The highest BCUT2D eigenvalue weighted by Crippen LogP contribution is 2.35. The Morgan fingerprint density at radius 1 is 1.22 bits per heavy atom. The van der Waals surface area contributed by atoms with Gasteiger partial charge in [-0.1, -0.05) is 50.2 Å². The van der Waals surface area contributed by atoms with E-state index >= 15 is 0 Å². The van der Waals surface area contributed by atoms with Crippen LogP contribution in [-0.4, -0.2) is 29.6 Å². The molecule has 0 aliphatic carbocycles. The van der Waals surface area contributed by atoms with Gasteiger partial charge in [-0.3, -0.25) is 4.79 Å². The number of hydrogen-bond donors (Lipinski definition) is 0. The van der Waals surface area contributed by atoms with Crippen molar-refractivity contribution in [1.82, 2.24) is 9.66 Å². The first-order chi connectivity index (χ1) is 17.7. The van der Waals surface area contributed by atoms with E-state index in [1.807, 2.05) is 43.3 Å². The first-order valence-corrected chi connectivity index (χ1v) is 12.9. The molecule has 6 nitrogen and oxygen atoms in total. The summed E-state index contributed by atoms with van der Waals surface area (Å²) in [6.45, 7) is 10.1. The summed E-state index contributed by atoms with van der Waals surface area (Å²) in [5.74, 6) is 1.96. The highest BCUT2D eigenvalue weighted by atomic mass is 79.9. The fraction of sp³-hybridized carbons (Fsp3) is 0.207. The van der Waals surface area contributed by atoms with Gasteiger partial charge in [0.1, 0.15) is 12.4 Å². The average Bonchev–Trinajstić information content (AvgIpc) is 2.87. The second-order valence-electron chi connectivity index (χ2n) is 8.79. The summed E-state index contributed by atoms with van der Waals surface area (Å²) in [7, 11) is 1.66. The van der Waals surface area contributed by atoms with Crippen molar-refractivity contribution in [2.45, 2.75) is 26.7 Å². The number of benzene rings is 3. The maximum Gasteiger partial charge on any atom is 0.282 e. The third-order valence-electron chi connectivity index (χ3n) is 5.88. The predicted molar refractivity (Wildman–Crippen MR) is 155 cm³/mol. The molecule has 0 unspecified atom stereocenters. The van der Waals surface area contributed by atoms with E-state index in [1.54, 1.807) is 31.5 Å². The van der Waals surface area contributed by atoms with Crippen LogP contribution in [-0.2, 0) is 0 Å². The molecule has 4 aromatic rings. The number of aromatic nitrogens is 2. The van der Waals surface area contributed by atoms with E-state index in [0.717, 1.165) is 22.4 Å². The third kappa shape index (κ3) is 5.48. The van der Waals surface area contributed by atoms with Crippen LogP contribution in [0.5, 0.6) is 11.5 Å². The molecule has 0 bridgehead atoms. The van der Waals surface area contributed by atoms with Gasteiger partial charge < -0.3 is 9.47 Å². The Morgan fingerprint density at radius 2 is 1.97 bits per heavy atom. The van der Waals surface area contributed by atoms with Gasteiger partial charge in [0.15, 0.2) is 11.6 Å². The molecule has 8 heteroatoms. The van der Waals surface area contributed by atoms with E-state index in [2.05, 4.69) is 41.5 Å². The summed E-state index contributed by atoms with van der Waals surface area (Å²) in [6, 6.07) is 14.8. The first kappa shape index (κ1) is 26.6. The molecule has 0 aliphatic heterocycles. The lowest BCUT2D eigenvalue weighted by Gasteiger charge is -2.17. The molecular weight excluding hydrogens is 554 g/mol. The van der Waals surface area contributed by atoms with Crippen molar-refractivity contribution in [1.29, 1.82) is 0 Å². The van der Waals surface area contributed by atoms with Crippen molar-refractivity contribution in [2.24, 2.45) is 5.10 Å². The number of methoxy groups -OCH3 is 1. The molecular formula is C29H27BrClN3O3. The van der Waals surface area contributed by atoms with Gasteiger partial charge in [-0.25, -0.2) is 4.98 Å². The minimum absolute atomic E-state index is 0.208. The topological polar surface area (TPSA) is 65.7 Å². The Hall–Kier alpha value is -3.42. The van der Waals surface area contributed by atoms with E-state index in [1.165, 1.54) is 4.68 Å². The zero-order chi connectivity index (χ0) is 26.7. The molecule has 1 aromatic heterocycles. The summed E-state index contributed by atoms with van der Waals surface area (Å²) >= 11 is 9.94. The lowest BCUT2D eigenvalue weighted by molar-refractivity contribution is 0.361. The fourth-order valence-corrected chi connectivity index (χ4v) is 5.02. The zero-order valence-electron chi connectivity index (χ0n) is 21.1. The minimum atomic E-state index is -0.269. The van der Waals surface area contributed by atoms with E-state index in [0.29, 0.717) is 44.1 Å². The Labute approximate surface area is 229 Å². The molecule has 3 aromatic carbocycles. The van der Waals surface area contributed by atoms with Crippen LogP contribution in [0.4, 0.5) is 0 Å². The highest BCUT2D eigenvalue weighted by Gasteiger charge is 2.18. The maximum atomic E-state index is 13.6. The molecule has 0 spiro atoms. The summed E-state index contributed by atoms with van der Waals surface area (Å²) in [4.78, 5) is 18.5. The van der Waals surface area contributed by atoms with E-state index in [4.69, 9.17) is 26.1 Å². The van der Waals surface area contributed by atoms with Crippen LogP contribution < -0.4 is 15.0 Å².